The summed E-state index contributed by atoms with van der Waals surface area (Å²) in [4.78, 5) is 19.0. The van der Waals surface area contributed by atoms with Crippen LogP contribution in [-0.2, 0) is 6.54 Å². The van der Waals surface area contributed by atoms with Crippen LogP contribution in [0.1, 0.15) is 35.7 Å². The van der Waals surface area contributed by atoms with Crippen LogP contribution < -0.4 is 4.74 Å². The number of benzene rings is 2. The highest BCUT2D eigenvalue weighted by atomic mass is 16.5. The van der Waals surface area contributed by atoms with Crippen molar-refractivity contribution >= 4 is 5.91 Å². The van der Waals surface area contributed by atoms with Gasteiger partial charge in [0.1, 0.15) is 12.3 Å². The van der Waals surface area contributed by atoms with E-state index in [-0.39, 0.29) is 18.6 Å². The second kappa shape index (κ2) is 9.19. The molecule has 0 bridgehead atoms. The Morgan fingerprint density at radius 2 is 1.86 bits per heavy atom. The average Bonchev–Trinajstić information content (AvgIpc) is 3.16. The van der Waals surface area contributed by atoms with Gasteiger partial charge in [0.15, 0.2) is 0 Å². The number of hydrogen-bond acceptors (Lipinski definition) is 5. The largest absolute Gasteiger partial charge is 0.491 e. The summed E-state index contributed by atoms with van der Waals surface area (Å²) in [6.07, 6.45) is 1.75. The monoisotopic (exact) mass is 391 g/mol. The van der Waals surface area contributed by atoms with Gasteiger partial charge in [-0.05, 0) is 45.0 Å². The van der Waals surface area contributed by atoms with E-state index in [4.69, 9.17) is 9.26 Å². The highest BCUT2D eigenvalue weighted by molar-refractivity contribution is 5.94. The first kappa shape index (κ1) is 20.3. The van der Waals surface area contributed by atoms with Gasteiger partial charge < -0.3 is 14.2 Å². The van der Waals surface area contributed by atoms with Crippen LogP contribution in [-0.4, -0.2) is 33.6 Å². The molecule has 0 N–H and O–H groups in total. The summed E-state index contributed by atoms with van der Waals surface area (Å²) in [6, 6.07) is 15.0. The summed E-state index contributed by atoms with van der Waals surface area (Å²) in [5.74, 6) is 1.46. The van der Waals surface area contributed by atoms with E-state index in [9.17, 15) is 4.79 Å². The van der Waals surface area contributed by atoms with Crippen LogP contribution in [0.15, 0.2) is 65.7 Å². The molecule has 1 amide bonds. The van der Waals surface area contributed by atoms with E-state index in [0.29, 0.717) is 23.8 Å². The predicted octanol–water partition coefficient (Wildman–Crippen LogP) is 4.66. The molecule has 29 heavy (non-hydrogen) atoms. The third-order valence-electron chi connectivity index (χ3n) is 4.21. The maximum atomic E-state index is 12.9. The van der Waals surface area contributed by atoms with E-state index in [1.165, 1.54) is 0 Å². The molecule has 2 aromatic carbocycles. The number of carbonyl (C=O) groups is 1. The lowest BCUT2D eigenvalue weighted by atomic mass is 10.1. The Morgan fingerprint density at radius 3 is 2.48 bits per heavy atom. The normalized spacial score (nSPS) is 10.8. The minimum atomic E-state index is -0.143. The van der Waals surface area contributed by atoms with Crippen LogP contribution in [0, 0.1) is 6.92 Å². The van der Waals surface area contributed by atoms with Crippen LogP contribution in [0.3, 0.4) is 0 Å². The molecule has 0 atom stereocenters. The number of hydrogen-bond donors (Lipinski definition) is 0. The first-order chi connectivity index (χ1) is 14.0. The van der Waals surface area contributed by atoms with Gasteiger partial charge in [0, 0.05) is 17.7 Å². The molecule has 0 spiro atoms. The molecule has 0 saturated heterocycles. The Bertz CT molecular complexity index is 960. The molecular formula is C23H25N3O3. The fraction of sp³-hybridized carbons (Fsp3) is 0.261. The molecule has 0 aliphatic rings. The molecule has 6 nitrogen and oxygen atoms in total. The van der Waals surface area contributed by atoms with E-state index in [1.807, 2.05) is 45.0 Å². The van der Waals surface area contributed by atoms with Gasteiger partial charge in [-0.25, -0.2) is 0 Å². The number of nitrogens with zero attached hydrogens (tertiary/aromatic N) is 3. The van der Waals surface area contributed by atoms with Crippen molar-refractivity contribution < 1.29 is 14.1 Å². The molecule has 6 heteroatoms. The fourth-order valence-electron chi connectivity index (χ4n) is 2.81. The molecule has 150 valence electrons. The molecule has 3 rings (SSSR count). The SMILES string of the molecule is C=CCN(Cc1nc(-c2ccc(C)cc2)no1)C(=O)c1ccc(OC(C)C)cc1. The maximum Gasteiger partial charge on any atom is 0.254 e. The van der Waals surface area contributed by atoms with Crippen molar-refractivity contribution in [2.75, 3.05) is 6.54 Å². The topological polar surface area (TPSA) is 68.5 Å². The number of rotatable bonds is 8. The number of aryl methyl sites for hydroxylation is 1. The van der Waals surface area contributed by atoms with E-state index in [0.717, 1.165) is 16.9 Å². The van der Waals surface area contributed by atoms with Gasteiger partial charge in [-0.15, -0.1) is 6.58 Å². The minimum Gasteiger partial charge on any atom is -0.491 e. The van der Waals surface area contributed by atoms with Crippen LogP contribution in [0.25, 0.3) is 11.4 Å². The van der Waals surface area contributed by atoms with E-state index >= 15 is 0 Å². The van der Waals surface area contributed by atoms with Gasteiger partial charge in [-0.2, -0.15) is 4.98 Å². The Morgan fingerprint density at radius 1 is 1.17 bits per heavy atom. The minimum absolute atomic E-state index is 0.0778. The molecule has 0 radical (unpaired) electrons. The van der Waals surface area contributed by atoms with Crippen molar-refractivity contribution in [3.05, 3.63) is 78.2 Å². The van der Waals surface area contributed by atoms with Crippen LogP contribution in [0.2, 0.25) is 0 Å². The maximum absolute atomic E-state index is 12.9. The van der Waals surface area contributed by atoms with Crippen LogP contribution in [0.5, 0.6) is 5.75 Å². The lowest BCUT2D eigenvalue weighted by Crippen LogP contribution is -2.30. The van der Waals surface area contributed by atoms with Crippen molar-refractivity contribution in [1.29, 1.82) is 0 Å². The number of aromatic nitrogens is 2. The molecule has 0 fully saturated rings. The molecular weight excluding hydrogens is 366 g/mol. The van der Waals surface area contributed by atoms with Crippen molar-refractivity contribution in [2.45, 2.75) is 33.4 Å². The summed E-state index contributed by atoms with van der Waals surface area (Å²) in [5, 5.41) is 4.03. The highest BCUT2D eigenvalue weighted by Crippen LogP contribution is 2.19. The van der Waals surface area contributed by atoms with Crippen molar-refractivity contribution in [3.63, 3.8) is 0 Å². The molecule has 3 aromatic rings. The zero-order chi connectivity index (χ0) is 20.8. The number of carbonyl (C=O) groups excluding carboxylic acids is 1. The van der Waals surface area contributed by atoms with Crippen molar-refractivity contribution in [3.8, 4) is 17.1 Å². The lowest BCUT2D eigenvalue weighted by Gasteiger charge is -2.19. The lowest BCUT2D eigenvalue weighted by molar-refractivity contribution is 0.0745. The van der Waals surface area contributed by atoms with Crippen molar-refractivity contribution in [1.82, 2.24) is 15.0 Å². The summed E-state index contributed by atoms with van der Waals surface area (Å²) in [6.45, 7) is 10.3. The first-order valence-electron chi connectivity index (χ1n) is 9.53. The molecule has 0 saturated carbocycles. The second-order valence-corrected chi connectivity index (χ2v) is 7.04. The molecule has 1 aromatic heterocycles. The average molecular weight is 391 g/mol. The first-order valence-corrected chi connectivity index (χ1v) is 9.53. The van der Waals surface area contributed by atoms with Gasteiger partial charge in [-0.3, -0.25) is 4.79 Å². The fourth-order valence-corrected chi connectivity index (χ4v) is 2.81. The van der Waals surface area contributed by atoms with Crippen LogP contribution in [0.4, 0.5) is 0 Å². The molecule has 0 aliphatic carbocycles. The third kappa shape index (κ3) is 5.31. The van der Waals surface area contributed by atoms with E-state index in [1.54, 1.807) is 35.2 Å². The van der Waals surface area contributed by atoms with Crippen LogP contribution >= 0.6 is 0 Å². The number of amides is 1. The third-order valence-corrected chi connectivity index (χ3v) is 4.21. The zero-order valence-corrected chi connectivity index (χ0v) is 17.0. The van der Waals surface area contributed by atoms with Gasteiger partial charge in [0.25, 0.3) is 5.91 Å². The standard InChI is InChI=1S/C23H25N3O3/c1-5-14-26(23(27)19-10-12-20(13-11-19)28-16(2)3)15-21-24-22(25-29-21)18-8-6-17(4)7-9-18/h5-13,16H,1,14-15H2,2-4H3. The van der Waals surface area contributed by atoms with Gasteiger partial charge >= 0.3 is 0 Å². The van der Waals surface area contributed by atoms with E-state index in [2.05, 4.69) is 16.7 Å². The molecule has 0 unspecified atom stereocenters. The second-order valence-electron chi connectivity index (χ2n) is 7.04. The summed E-state index contributed by atoms with van der Waals surface area (Å²) in [5.41, 5.74) is 2.58. The molecule has 1 heterocycles. The Hall–Kier alpha value is -3.41. The number of ether oxygens (including phenoxy) is 1. The van der Waals surface area contributed by atoms with Crippen molar-refractivity contribution in [2.24, 2.45) is 0 Å². The zero-order valence-electron chi connectivity index (χ0n) is 17.0. The summed E-state index contributed by atoms with van der Waals surface area (Å²) < 4.78 is 11.0. The highest BCUT2D eigenvalue weighted by Gasteiger charge is 2.19. The van der Waals surface area contributed by atoms with E-state index < -0.39 is 0 Å². The Kier molecular flexibility index (Phi) is 6.44. The van der Waals surface area contributed by atoms with Gasteiger partial charge in [-0.1, -0.05) is 41.1 Å². The van der Waals surface area contributed by atoms with Gasteiger partial charge in [0.2, 0.25) is 11.7 Å². The smallest absolute Gasteiger partial charge is 0.254 e. The quantitative estimate of drug-likeness (QED) is 0.522. The Labute approximate surface area is 170 Å². The predicted molar refractivity (Wildman–Crippen MR) is 112 cm³/mol. The molecule has 0 aliphatic heterocycles. The summed E-state index contributed by atoms with van der Waals surface area (Å²) in [7, 11) is 0. The Balaban J connectivity index is 1.73. The van der Waals surface area contributed by atoms with Gasteiger partial charge in [0.05, 0.1) is 6.10 Å². The summed E-state index contributed by atoms with van der Waals surface area (Å²) >= 11 is 0.